The fourth-order valence-electron chi connectivity index (χ4n) is 0.479. The lowest BCUT2D eigenvalue weighted by atomic mass is 10.1. The van der Waals surface area contributed by atoms with E-state index in [2.05, 4.69) is 13.2 Å². The van der Waals surface area contributed by atoms with Crippen LogP contribution in [0.1, 0.15) is 6.92 Å². The Morgan fingerprint density at radius 1 is 1.33 bits per heavy atom. The second-order valence-electron chi connectivity index (χ2n) is 1.52. The van der Waals surface area contributed by atoms with E-state index in [1.54, 1.807) is 13.0 Å². The fourth-order valence-corrected chi connectivity index (χ4v) is 0.479. The molecule has 0 unspecified atom stereocenters. The summed E-state index contributed by atoms with van der Waals surface area (Å²) in [6, 6.07) is 0. The van der Waals surface area contributed by atoms with Crippen LogP contribution in [0.2, 0.25) is 0 Å². The molecule has 1 nitrogen and oxygen atoms in total. The van der Waals surface area contributed by atoms with E-state index < -0.39 is 0 Å². The first-order valence-corrected chi connectivity index (χ1v) is 2.71. The Balaban J connectivity index is 4.31. The van der Waals surface area contributed by atoms with Crippen molar-refractivity contribution in [2.24, 2.45) is 0 Å². The minimum atomic E-state index is -0.0764. The summed E-state index contributed by atoms with van der Waals surface area (Å²) in [6.07, 6.45) is 4.50. The zero-order chi connectivity index (χ0) is 7.28. The Hall–Kier alpha value is -1.11. The lowest BCUT2D eigenvalue weighted by molar-refractivity contribution is -0.111. The second-order valence-corrected chi connectivity index (χ2v) is 1.52. The lowest BCUT2D eigenvalue weighted by Gasteiger charge is -1.89. The molecule has 0 saturated heterocycles. The summed E-state index contributed by atoms with van der Waals surface area (Å²) in [4.78, 5) is 10.7. The highest BCUT2D eigenvalue weighted by Crippen LogP contribution is 1.96. The number of carbonyl (C=O) groups is 1. The highest BCUT2D eigenvalue weighted by Gasteiger charge is 1.95. The van der Waals surface area contributed by atoms with Crippen molar-refractivity contribution < 1.29 is 4.79 Å². The van der Waals surface area contributed by atoms with Crippen molar-refractivity contribution in [3.8, 4) is 0 Å². The van der Waals surface area contributed by atoms with Gasteiger partial charge in [0.2, 0.25) is 0 Å². The number of ketones is 1. The van der Waals surface area contributed by atoms with Gasteiger partial charge >= 0.3 is 0 Å². The average molecular weight is 122 g/mol. The number of carbonyl (C=O) groups excluding carboxylic acids is 1. The topological polar surface area (TPSA) is 17.1 Å². The van der Waals surface area contributed by atoms with Crippen LogP contribution in [0, 0.1) is 0 Å². The van der Waals surface area contributed by atoms with Crippen molar-refractivity contribution in [1.29, 1.82) is 0 Å². The normalized spacial score (nSPS) is 10.6. The van der Waals surface area contributed by atoms with Gasteiger partial charge < -0.3 is 0 Å². The zero-order valence-corrected chi connectivity index (χ0v) is 5.55. The van der Waals surface area contributed by atoms with Gasteiger partial charge in [0.25, 0.3) is 0 Å². The van der Waals surface area contributed by atoms with Gasteiger partial charge in [0, 0.05) is 5.57 Å². The van der Waals surface area contributed by atoms with Crippen molar-refractivity contribution in [3.63, 3.8) is 0 Å². The fraction of sp³-hybridized carbons (Fsp3) is 0.125. The largest absolute Gasteiger partial charge is 0.289 e. The molecule has 0 atom stereocenters. The van der Waals surface area contributed by atoms with E-state index in [0.717, 1.165) is 0 Å². The lowest BCUT2D eigenvalue weighted by Crippen LogP contribution is -1.92. The third kappa shape index (κ3) is 2.08. The molecular weight excluding hydrogens is 112 g/mol. The van der Waals surface area contributed by atoms with E-state index in [4.69, 9.17) is 0 Å². The number of hydrogen-bond acceptors (Lipinski definition) is 1. The minimum Gasteiger partial charge on any atom is -0.289 e. The molecule has 0 aromatic carbocycles. The highest BCUT2D eigenvalue weighted by molar-refractivity contribution is 6.05. The highest BCUT2D eigenvalue weighted by atomic mass is 16.1. The number of hydrogen-bond donors (Lipinski definition) is 0. The summed E-state index contributed by atoms with van der Waals surface area (Å²) in [5.41, 5.74) is 0.602. The predicted molar refractivity (Wildman–Crippen MR) is 39.2 cm³/mol. The maximum Gasteiger partial charge on any atom is 0.184 e. The van der Waals surface area contributed by atoms with Gasteiger partial charge in [-0.1, -0.05) is 25.3 Å². The van der Waals surface area contributed by atoms with Crippen LogP contribution < -0.4 is 0 Å². The molecule has 0 radical (unpaired) electrons. The van der Waals surface area contributed by atoms with Crippen molar-refractivity contribution in [3.05, 3.63) is 37.0 Å². The van der Waals surface area contributed by atoms with Crippen molar-refractivity contribution in [1.82, 2.24) is 0 Å². The first kappa shape index (κ1) is 7.89. The molecule has 0 N–H and O–H groups in total. The van der Waals surface area contributed by atoms with Gasteiger partial charge in [-0.2, -0.15) is 0 Å². The minimum absolute atomic E-state index is 0.0764. The van der Waals surface area contributed by atoms with Crippen LogP contribution in [0.15, 0.2) is 37.0 Å². The van der Waals surface area contributed by atoms with Gasteiger partial charge in [0.1, 0.15) is 0 Å². The molecule has 0 spiro atoms. The Kier molecular flexibility index (Phi) is 3.37. The molecule has 48 valence electrons. The van der Waals surface area contributed by atoms with Crippen molar-refractivity contribution >= 4 is 5.78 Å². The van der Waals surface area contributed by atoms with E-state index in [1.807, 2.05) is 0 Å². The van der Waals surface area contributed by atoms with Crippen LogP contribution in [-0.2, 0) is 4.79 Å². The molecule has 0 aromatic heterocycles. The molecule has 0 bridgehead atoms. The molecule has 0 aliphatic heterocycles. The zero-order valence-electron chi connectivity index (χ0n) is 5.55. The SMILES string of the molecule is C=CC(=O)/C(C=C)=C/C. The molecule has 0 aromatic rings. The molecule has 0 amide bonds. The van der Waals surface area contributed by atoms with Gasteiger partial charge in [0.05, 0.1) is 0 Å². The maximum absolute atomic E-state index is 10.7. The van der Waals surface area contributed by atoms with E-state index in [0.29, 0.717) is 5.57 Å². The van der Waals surface area contributed by atoms with Crippen LogP contribution in [0.25, 0.3) is 0 Å². The second kappa shape index (κ2) is 3.84. The van der Waals surface area contributed by atoms with Crippen LogP contribution in [0.3, 0.4) is 0 Å². The van der Waals surface area contributed by atoms with Crippen LogP contribution in [0.4, 0.5) is 0 Å². The average Bonchev–Trinajstić information content (AvgIpc) is 1.90. The summed E-state index contributed by atoms with van der Waals surface area (Å²) in [5.74, 6) is -0.0764. The molecule has 0 heterocycles. The van der Waals surface area contributed by atoms with Gasteiger partial charge in [0.15, 0.2) is 5.78 Å². The molecule has 0 saturated carbocycles. The summed E-state index contributed by atoms with van der Waals surface area (Å²) in [6.45, 7) is 8.59. The van der Waals surface area contributed by atoms with Crippen molar-refractivity contribution in [2.45, 2.75) is 6.92 Å². The van der Waals surface area contributed by atoms with Gasteiger partial charge in [-0.25, -0.2) is 0 Å². The molecule has 0 aliphatic rings. The molecule has 1 heteroatoms. The van der Waals surface area contributed by atoms with Crippen LogP contribution >= 0.6 is 0 Å². The van der Waals surface area contributed by atoms with Crippen LogP contribution in [0.5, 0.6) is 0 Å². The maximum atomic E-state index is 10.7. The van der Waals surface area contributed by atoms with E-state index in [1.165, 1.54) is 12.2 Å². The summed E-state index contributed by atoms with van der Waals surface area (Å²) < 4.78 is 0. The predicted octanol–water partition coefficient (Wildman–Crippen LogP) is 1.87. The smallest absolute Gasteiger partial charge is 0.184 e. The Bertz CT molecular complexity index is 163. The summed E-state index contributed by atoms with van der Waals surface area (Å²) in [7, 11) is 0. The monoisotopic (exact) mass is 122 g/mol. The van der Waals surface area contributed by atoms with Gasteiger partial charge in [-0.3, -0.25) is 4.79 Å². The number of rotatable bonds is 3. The Morgan fingerprint density at radius 2 is 1.89 bits per heavy atom. The van der Waals surface area contributed by atoms with E-state index >= 15 is 0 Å². The first-order chi connectivity index (χ1) is 4.26. The third-order valence-corrected chi connectivity index (χ3v) is 1.00. The van der Waals surface area contributed by atoms with Crippen LogP contribution in [-0.4, -0.2) is 5.78 Å². The standard InChI is InChI=1S/C8H10O/c1-4-7(5-2)8(9)6-3/h4-6H,1,3H2,2H3/b7-5+. The number of allylic oxidation sites excluding steroid dienone is 4. The van der Waals surface area contributed by atoms with E-state index in [9.17, 15) is 4.79 Å². The third-order valence-electron chi connectivity index (χ3n) is 1.00. The summed E-state index contributed by atoms with van der Waals surface area (Å²) in [5, 5.41) is 0. The molecule has 0 aliphatic carbocycles. The Morgan fingerprint density at radius 3 is 2.00 bits per heavy atom. The van der Waals surface area contributed by atoms with Gasteiger partial charge in [-0.15, -0.1) is 0 Å². The first-order valence-electron chi connectivity index (χ1n) is 2.71. The molecular formula is C8H10O. The van der Waals surface area contributed by atoms with E-state index in [-0.39, 0.29) is 5.78 Å². The summed E-state index contributed by atoms with van der Waals surface area (Å²) >= 11 is 0. The Labute approximate surface area is 55.4 Å². The molecule has 0 fully saturated rings. The van der Waals surface area contributed by atoms with Crippen molar-refractivity contribution in [2.75, 3.05) is 0 Å². The molecule has 0 rings (SSSR count). The van der Waals surface area contributed by atoms with Gasteiger partial charge in [-0.05, 0) is 13.0 Å². The quantitative estimate of drug-likeness (QED) is 0.412. The molecule has 9 heavy (non-hydrogen) atoms.